The quantitative estimate of drug-likeness (QED) is 0.462. The summed E-state index contributed by atoms with van der Waals surface area (Å²) < 4.78 is 27.3. The number of aryl methyl sites for hydroxylation is 1. The maximum absolute atomic E-state index is 10.6. The lowest BCUT2D eigenvalue weighted by Crippen LogP contribution is -2.03. The van der Waals surface area contributed by atoms with Crippen molar-refractivity contribution in [1.29, 1.82) is 0 Å². The average molecular weight is 414 g/mol. The molecule has 28 heavy (non-hydrogen) atoms. The van der Waals surface area contributed by atoms with E-state index in [4.69, 9.17) is 4.74 Å². The summed E-state index contributed by atoms with van der Waals surface area (Å²) in [4.78, 5) is 5.88. The van der Waals surface area contributed by atoms with E-state index in [1.54, 1.807) is 18.0 Å². The molecule has 146 valence electrons. The SMILES string of the molecule is OS1(O)CC(Sc2ccccc2)c2c(OCCCc3cccnc3)cccc21. The molecule has 0 amide bonds. The Labute approximate surface area is 171 Å². The summed E-state index contributed by atoms with van der Waals surface area (Å²) >= 11 is 1.66. The molecule has 6 heteroatoms. The maximum atomic E-state index is 10.6. The van der Waals surface area contributed by atoms with Gasteiger partial charge in [-0.15, -0.1) is 11.8 Å². The lowest BCUT2D eigenvalue weighted by molar-refractivity contribution is 0.307. The molecule has 0 radical (unpaired) electrons. The van der Waals surface area contributed by atoms with Gasteiger partial charge in [-0.2, -0.15) is 10.6 Å². The van der Waals surface area contributed by atoms with Crippen molar-refractivity contribution < 1.29 is 13.8 Å². The van der Waals surface area contributed by atoms with E-state index in [-0.39, 0.29) is 5.25 Å². The number of pyridine rings is 1. The van der Waals surface area contributed by atoms with E-state index in [0.29, 0.717) is 17.3 Å². The number of nitrogens with zero attached hydrogens (tertiary/aromatic N) is 1. The molecule has 1 aliphatic heterocycles. The summed E-state index contributed by atoms with van der Waals surface area (Å²) in [6.07, 6.45) is 5.43. The van der Waals surface area contributed by atoms with Crippen LogP contribution >= 0.6 is 22.4 Å². The third kappa shape index (κ3) is 4.36. The van der Waals surface area contributed by atoms with Crippen LogP contribution in [0.5, 0.6) is 5.75 Å². The summed E-state index contributed by atoms with van der Waals surface area (Å²) in [6, 6.07) is 19.7. The van der Waals surface area contributed by atoms with Crippen LogP contribution in [0.3, 0.4) is 0 Å². The fourth-order valence-electron chi connectivity index (χ4n) is 3.40. The third-order valence-corrected chi connectivity index (χ3v) is 8.00. The van der Waals surface area contributed by atoms with E-state index in [1.807, 2.05) is 60.8 Å². The second-order valence-corrected chi connectivity index (χ2v) is 10.1. The molecule has 4 rings (SSSR count). The Bertz CT molecular complexity index is 920. The highest BCUT2D eigenvalue weighted by Crippen LogP contribution is 2.64. The van der Waals surface area contributed by atoms with Crippen LogP contribution in [-0.4, -0.2) is 26.4 Å². The molecule has 0 bridgehead atoms. The number of hydrogen-bond donors (Lipinski definition) is 2. The molecule has 0 fully saturated rings. The topological polar surface area (TPSA) is 62.6 Å². The first kappa shape index (κ1) is 19.3. The van der Waals surface area contributed by atoms with E-state index in [9.17, 15) is 9.11 Å². The van der Waals surface area contributed by atoms with Crippen LogP contribution in [0, 0.1) is 0 Å². The summed E-state index contributed by atoms with van der Waals surface area (Å²) in [5, 5.41) is -0.0306. The van der Waals surface area contributed by atoms with Crippen LogP contribution in [0.2, 0.25) is 0 Å². The van der Waals surface area contributed by atoms with Crippen molar-refractivity contribution >= 4 is 22.4 Å². The standard InChI is InChI=1S/C22H23NO3S2/c24-28(25)16-20(27-18-9-2-1-3-10-18)22-19(11-4-12-21(22)28)26-14-6-8-17-7-5-13-23-15-17/h1-5,7,9-13,15,20,24-25H,6,8,14,16H2. The van der Waals surface area contributed by atoms with Gasteiger partial charge in [0.1, 0.15) is 5.75 Å². The van der Waals surface area contributed by atoms with Gasteiger partial charge in [0.15, 0.2) is 0 Å². The Hall–Kier alpha value is -1.99. The molecule has 1 unspecified atom stereocenters. The van der Waals surface area contributed by atoms with E-state index in [2.05, 4.69) is 11.1 Å². The van der Waals surface area contributed by atoms with Crippen molar-refractivity contribution in [3.8, 4) is 5.75 Å². The van der Waals surface area contributed by atoms with Gasteiger partial charge in [0, 0.05) is 22.9 Å². The number of rotatable bonds is 7. The first-order chi connectivity index (χ1) is 13.6. The molecule has 1 aliphatic rings. The Morgan fingerprint density at radius 2 is 1.89 bits per heavy atom. The molecule has 2 aromatic carbocycles. The van der Waals surface area contributed by atoms with Gasteiger partial charge in [0.05, 0.1) is 22.5 Å². The van der Waals surface area contributed by atoms with Gasteiger partial charge in [-0.3, -0.25) is 14.1 Å². The van der Waals surface area contributed by atoms with Crippen molar-refractivity contribution in [3.63, 3.8) is 0 Å². The fourth-order valence-corrected chi connectivity index (χ4v) is 6.98. The highest BCUT2D eigenvalue weighted by Gasteiger charge is 2.38. The van der Waals surface area contributed by atoms with Crippen LogP contribution < -0.4 is 4.74 Å². The van der Waals surface area contributed by atoms with E-state index in [1.165, 1.54) is 5.56 Å². The largest absolute Gasteiger partial charge is 0.493 e. The highest BCUT2D eigenvalue weighted by molar-refractivity contribution is 8.25. The molecule has 2 heterocycles. The van der Waals surface area contributed by atoms with E-state index < -0.39 is 10.6 Å². The van der Waals surface area contributed by atoms with Crippen molar-refractivity contribution in [3.05, 3.63) is 84.2 Å². The minimum Gasteiger partial charge on any atom is -0.493 e. The third-order valence-electron chi connectivity index (χ3n) is 4.70. The molecule has 1 aromatic heterocycles. The van der Waals surface area contributed by atoms with Gasteiger partial charge in [-0.1, -0.05) is 30.3 Å². The number of benzene rings is 2. The Morgan fingerprint density at radius 1 is 1.04 bits per heavy atom. The lowest BCUT2D eigenvalue weighted by Gasteiger charge is -2.27. The average Bonchev–Trinajstić information content (AvgIpc) is 2.97. The van der Waals surface area contributed by atoms with Crippen LogP contribution in [0.4, 0.5) is 0 Å². The van der Waals surface area contributed by atoms with Crippen molar-refractivity contribution in [2.75, 3.05) is 12.4 Å². The molecular formula is C22H23NO3S2. The molecule has 0 saturated carbocycles. The van der Waals surface area contributed by atoms with Crippen LogP contribution in [0.1, 0.15) is 22.8 Å². The summed E-state index contributed by atoms with van der Waals surface area (Å²) in [7, 11) is -2.78. The summed E-state index contributed by atoms with van der Waals surface area (Å²) in [5.41, 5.74) is 2.12. The van der Waals surface area contributed by atoms with Crippen molar-refractivity contribution in [2.24, 2.45) is 0 Å². The second-order valence-electron chi connectivity index (χ2n) is 6.73. The zero-order valence-corrected chi connectivity index (χ0v) is 17.0. The Balaban J connectivity index is 1.49. The molecule has 0 aliphatic carbocycles. The lowest BCUT2D eigenvalue weighted by atomic mass is 10.1. The molecule has 2 N–H and O–H groups in total. The Morgan fingerprint density at radius 3 is 2.68 bits per heavy atom. The highest BCUT2D eigenvalue weighted by atomic mass is 32.3. The fraction of sp³-hybridized carbons (Fsp3) is 0.227. The minimum absolute atomic E-state index is 0.0306. The molecular weight excluding hydrogens is 390 g/mol. The molecule has 4 nitrogen and oxygen atoms in total. The number of thioether (sulfide) groups is 1. The van der Waals surface area contributed by atoms with Crippen molar-refractivity contribution in [1.82, 2.24) is 4.98 Å². The van der Waals surface area contributed by atoms with Gasteiger partial charge in [0.25, 0.3) is 0 Å². The number of fused-ring (bicyclic) bond motifs is 1. The monoisotopic (exact) mass is 413 g/mol. The van der Waals surface area contributed by atoms with Crippen LogP contribution in [-0.2, 0) is 6.42 Å². The molecule has 0 saturated heterocycles. The normalized spacial score (nSPS) is 18.4. The summed E-state index contributed by atoms with van der Waals surface area (Å²) in [5.74, 6) is 1.09. The predicted octanol–water partition coefficient (Wildman–Crippen LogP) is 6.05. The minimum atomic E-state index is -2.78. The number of aromatic nitrogens is 1. The van der Waals surface area contributed by atoms with Gasteiger partial charge in [-0.25, -0.2) is 0 Å². The number of hydrogen-bond acceptors (Lipinski definition) is 5. The van der Waals surface area contributed by atoms with E-state index in [0.717, 1.165) is 29.1 Å². The molecule has 0 spiro atoms. The first-order valence-electron chi connectivity index (χ1n) is 9.26. The predicted molar refractivity (Wildman–Crippen MR) is 116 cm³/mol. The Kier molecular flexibility index (Phi) is 5.92. The van der Waals surface area contributed by atoms with Gasteiger partial charge in [-0.05, 0) is 48.7 Å². The summed E-state index contributed by atoms with van der Waals surface area (Å²) in [6.45, 7) is 0.577. The molecule has 3 aromatic rings. The van der Waals surface area contributed by atoms with Gasteiger partial charge >= 0.3 is 0 Å². The van der Waals surface area contributed by atoms with Gasteiger partial charge in [0.2, 0.25) is 0 Å². The van der Waals surface area contributed by atoms with Crippen molar-refractivity contribution in [2.45, 2.75) is 27.9 Å². The maximum Gasteiger partial charge on any atom is 0.125 e. The number of ether oxygens (including phenoxy) is 1. The zero-order chi connectivity index (χ0) is 19.4. The van der Waals surface area contributed by atoms with Gasteiger partial charge < -0.3 is 4.74 Å². The zero-order valence-electron chi connectivity index (χ0n) is 15.4. The van der Waals surface area contributed by atoms with E-state index >= 15 is 0 Å². The smallest absolute Gasteiger partial charge is 0.125 e. The first-order valence-corrected chi connectivity index (χ1v) is 11.9. The molecule has 1 atom stereocenters. The van der Waals surface area contributed by atoms with Crippen LogP contribution in [0.15, 0.2) is 82.8 Å². The second kappa shape index (κ2) is 8.57. The van der Waals surface area contributed by atoms with Crippen LogP contribution in [0.25, 0.3) is 0 Å².